The lowest BCUT2D eigenvalue weighted by Gasteiger charge is -2.25. The highest BCUT2D eigenvalue weighted by Crippen LogP contribution is 2.22. The van der Waals surface area contributed by atoms with E-state index in [2.05, 4.69) is 45.1 Å². The fourth-order valence-corrected chi connectivity index (χ4v) is 3.79. The molecule has 0 amide bonds. The summed E-state index contributed by atoms with van der Waals surface area (Å²) in [6.07, 6.45) is 1.09. The average molecular weight is 281 g/mol. The van der Waals surface area contributed by atoms with Crippen LogP contribution in [0.15, 0.2) is 30.3 Å². The molecule has 2 nitrogen and oxygen atoms in total. The third-order valence-corrected chi connectivity index (χ3v) is 5.61. The Hall–Kier alpha value is -0.670. The SMILES string of the molecule is CCNC(c1ccccc1)C(C)S(=O)CC(C)CC. The first kappa shape index (κ1) is 16.4. The van der Waals surface area contributed by atoms with Gasteiger partial charge in [0.05, 0.1) is 5.25 Å². The van der Waals surface area contributed by atoms with Gasteiger partial charge in [0.2, 0.25) is 0 Å². The van der Waals surface area contributed by atoms with Crippen molar-refractivity contribution in [3.8, 4) is 0 Å². The van der Waals surface area contributed by atoms with Crippen molar-refractivity contribution in [2.24, 2.45) is 5.92 Å². The minimum absolute atomic E-state index is 0.136. The van der Waals surface area contributed by atoms with Crippen LogP contribution in [-0.4, -0.2) is 21.8 Å². The van der Waals surface area contributed by atoms with Gasteiger partial charge in [-0.2, -0.15) is 0 Å². The maximum absolute atomic E-state index is 12.5. The van der Waals surface area contributed by atoms with Gasteiger partial charge in [0, 0.05) is 22.6 Å². The molecule has 1 rings (SSSR count). The van der Waals surface area contributed by atoms with Gasteiger partial charge in [-0.05, 0) is 24.9 Å². The molecule has 4 unspecified atom stereocenters. The molecule has 1 N–H and O–H groups in total. The molecule has 0 saturated heterocycles. The Bertz CT molecular complexity index is 380. The van der Waals surface area contributed by atoms with Gasteiger partial charge < -0.3 is 5.32 Å². The minimum Gasteiger partial charge on any atom is -0.309 e. The molecule has 0 saturated carbocycles. The van der Waals surface area contributed by atoms with Crippen molar-refractivity contribution < 1.29 is 4.21 Å². The molecule has 0 radical (unpaired) electrons. The summed E-state index contributed by atoms with van der Waals surface area (Å²) in [5, 5.41) is 3.61. The number of hydrogen-bond acceptors (Lipinski definition) is 2. The predicted octanol–water partition coefficient (Wildman–Crippen LogP) is 3.52. The zero-order chi connectivity index (χ0) is 14.3. The fourth-order valence-electron chi connectivity index (χ4n) is 2.14. The maximum Gasteiger partial charge on any atom is 0.0514 e. The normalized spacial score (nSPS) is 17.7. The van der Waals surface area contributed by atoms with Gasteiger partial charge in [0.15, 0.2) is 0 Å². The second-order valence-corrected chi connectivity index (χ2v) is 7.05. The summed E-state index contributed by atoms with van der Waals surface area (Å²) in [7, 11) is -0.789. The van der Waals surface area contributed by atoms with Gasteiger partial charge in [-0.3, -0.25) is 4.21 Å². The van der Waals surface area contributed by atoms with Crippen LogP contribution in [0.4, 0.5) is 0 Å². The molecule has 4 atom stereocenters. The summed E-state index contributed by atoms with van der Waals surface area (Å²) in [6, 6.07) is 10.5. The summed E-state index contributed by atoms with van der Waals surface area (Å²) in [5.74, 6) is 1.33. The van der Waals surface area contributed by atoms with Crippen molar-refractivity contribution in [2.45, 2.75) is 45.4 Å². The zero-order valence-electron chi connectivity index (χ0n) is 12.6. The highest BCUT2D eigenvalue weighted by atomic mass is 32.2. The molecule has 1 aromatic rings. The molecular formula is C16H27NOS. The lowest BCUT2D eigenvalue weighted by atomic mass is 10.0. The van der Waals surface area contributed by atoms with Crippen molar-refractivity contribution >= 4 is 10.8 Å². The summed E-state index contributed by atoms with van der Waals surface area (Å²) in [6.45, 7) is 9.42. The molecule has 0 aromatic heterocycles. The summed E-state index contributed by atoms with van der Waals surface area (Å²) >= 11 is 0. The monoisotopic (exact) mass is 281 g/mol. The van der Waals surface area contributed by atoms with E-state index in [9.17, 15) is 4.21 Å². The highest BCUT2D eigenvalue weighted by molar-refractivity contribution is 7.85. The Kier molecular flexibility index (Phi) is 7.32. The van der Waals surface area contributed by atoms with E-state index in [1.54, 1.807) is 0 Å². The number of rotatable bonds is 8. The van der Waals surface area contributed by atoms with Crippen LogP contribution in [-0.2, 0) is 10.8 Å². The summed E-state index contributed by atoms with van der Waals surface area (Å²) in [4.78, 5) is 0. The lowest BCUT2D eigenvalue weighted by Crippen LogP contribution is -2.34. The fraction of sp³-hybridized carbons (Fsp3) is 0.625. The standard InChI is InChI=1S/C16H27NOS/c1-5-13(3)12-19(18)14(4)16(17-6-2)15-10-8-7-9-11-15/h7-11,13-14,16-17H,5-6,12H2,1-4H3. The number of nitrogens with one attached hydrogen (secondary N) is 1. The predicted molar refractivity (Wildman–Crippen MR) is 84.8 cm³/mol. The van der Waals surface area contributed by atoms with Gasteiger partial charge in [0.25, 0.3) is 0 Å². The topological polar surface area (TPSA) is 29.1 Å². The van der Waals surface area contributed by atoms with Crippen LogP contribution in [0.2, 0.25) is 0 Å². The van der Waals surface area contributed by atoms with Crippen LogP contribution in [0.1, 0.15) is 45.7 Å². The van der Waals surface area contributed by atoms with E-state index in [0.29, 0.717) is 5.92 Å². The quantitative estimate of drug-likeness (QED) is 0.790. The van der Waals surface area contributed by atoms with Crippen LogP contribution in [0.3, 0.4) is 0 Å². The molecule has 3 heteroatoms. The first-order valence-corrected chi connectivity index (χ1v) is 8.63. The van der Waals surface area contributed by atoms with Crippen LogP contribution in [0.25, 0.3) is 0 Å². The first-order valence-electron chi connectivity index (χ1n) is 7.25. The molecule has 19 heavy (non-hydrogen) atoms. The van der Waals surface area contributed by atoms with Gasteiger partial charge in [-0.25, -0.2) is 0 Å². The molecule has 0 bridgehead atoms. The van der Waals surface area contributed by atoms with Crippen molar-refractivity contribution in [1.29, 1.82) is 0 Å². The smallest absolute Gasteiger partial charge is 0.0514 e. The average Bonchev–Trinajstić information content (AvgIpc) is 2.44. The van der Waals surface area contributed by atoms with E-state index in [1.165, 1.54) is 5.56 Å². The van der Waals surface area contributed by atoms with E-state index in [4.69, 9.17) is 0 Å². The van der Waals surface area contributed by atoms with Crippen molar-refractivity contribution in [3.05, 3.63) is 35.9 Å². The largest absolute Gasteiger partial charge is 0.309 e. The molecule has 0 aliphatic heterocycles. The Labute approximate surface area is 120 Å². The summed E-state index contributed by atoms with van der Waals surface area (Å²) < 4.78 is 12.5. The number of benzene rings is 1. The van der Waals surface area contributed by atoms with Gasteiger partial charge in [0.1, 0.15) is 0 Å². The Morgan fingerprint density at radius 1 is 1.16 bits per heavy atom. The van der Waals surface area contributed by atoms with E-state index in [0.717, 1.165) is 18.7 Å². The van der Waals surface area contributed by atoms with Crippen molar-refractivity contribution in [2.75, 3.05) is 12.3 Å². The van der Waals surface area contributed by atoms with Crippen molar-refractivity contribution in [1.82, 2.24) is 5.32 Å². The Morgan fingerprint density at radius 2 is 1.79 bits per heavy atom. The molecule has 0 aliphatic carbocycles. The Morgan fingerprint density at radius 3 is 2.32 bits per heavy atom. The molecular weight excluding hydrogens is 254 g/mol. The molecule has 0 aliphatic rings. The maximum atomic E-state index is 12.5. The van der Waals surface area contributed by atoms with E-state index in [-0.39, 0.29) is 11.3 Å². The molecule has 1 aromatic carbocycles. The molecule has 0 spiro atoms. The minimum atomic E-state index is -0.789. The third kappa shape index (κ3) is 5.07. The highest BCUT2D eigenvalue weighted by Gasteiger charge is 2.24. The summed E-state index contributed by atoms with van der Waals surface area (Å²) in [5.41, 5.74) is 1.23. The number of hydrogen-bond donors (Lipinski definition) is 1. The van der Waals surface area contributed by atoms with E-state index in [1.807, 2.05) is 18.2 Å². The first-order chi connectivity index (χ1) is 9.10. The second kappa shape index (κ2) is 8.49. The van der Waals surface area contributed by atoms with Gasteiger partial charge in [-0.1, -0.05) is 57.5 Å². The second-order valence-electron chi connectivity index (χ2n) is 5.21. The molecule has 0 fully saturated rings. The van der Waals surface area contributed by atoms with Gasteiger partial charge >= 0.3 is 0 Å². The van der Waals surface area contributed by atoms with Crippen molar-refractivity contribution in [3.63, 3.8) is 0 Å². The van der Waals surface area contributed by atoms with Crippen LogP contribution in [0, 0.1) is 5.92 Å². The molecule has 0 heterocycles. The third-order valence-electron chi connectivity index (χ3n) is 3.61. The Balaban J connectivity index is 2.78. The van der Waals surface area contributed by atoms with E-state index >= 15 is 0 Å². The zero-order valence-corrected chi connectivity index (χ0v) is 13.4. The van der Waals surface area contributed by atoms with E-state index < -0.39 is 10.8 Å². The van der Waals surface area contributed by atoms with Crippen LogP contribution in [0.5, 0.6) is 0 Å². The lowest BCUT2D eigenvalue weighted by molar-refractivity contribution is 0.530. The molecule has 108 valence electrons. The van der Waals surface area contributed by atoms with Gasteiger partial charge in [-0.15, -0.1) is 0 Å². The van der Waals surface area contributed by atoms with Crippen LogP contribution < -0.4 is 5.32 Å². The van der Waals surface area contributed by atoms with Crippen LogP contribution >= 0.6 is 0 Å².